The highest BCUT2D eigenvalue weighted by molar-refractivity contribution is 7.09. The second-order valence-corrected chi connectivity index (χ2v) is 4.71. The second kappa shape index (κ2) is 5.30. The Morgan fingerprint density at radius 2 is 2.00 bits per heavy atom. The molecule has 96 valence electrons. The maximum absolute atomic E-state index is 13.4. The number of ether oxygens (including phenoxy) is 1. The van der Waals surface area contributed by atoms with Crippen molar-refractivity contribution in [3.63, 3.8) is 0 Å². The first kappa shape index (κ1) is 12.8. The summed E-state index contributed by atoms with van der Waals surface area (Å²) in [5.74, 6) is -1.95. The van der Waals surface area contributed by atoms with Gasteiger partial charge in [-0.2, -0.15) is 0 Å². The van der Waals surface area contributed by atoms with E-state index in [1.54, 1.807) is 5.51 Å². The van der Waals surface area contributed by atoms with Crippen LogP contribution in [0.3, 0.4) is 0 Å². The predicted octanol–water partition coefficient (Wildman–Crippen LogP) is 2.93. The number of nitrogens with two attached hydrogens (primary N) is 1. The largest absolute Gasteiger partial charge is 0.487 e. The van der Waals surface area contributed by atoms with Crippen molar-refractivity contribution in [3.8, 4) is 5.75 Å². The van der Waals surface area contributed by atoms with Crippen LogP contribution in [0.1, 0.15) is 10.6 Å². The Hall–Kier alpha value is -1.69. The van der Waals surface area contributed by atoms with E-state index < -0.39 is 11.6 Å². The molecule has 6 heteroatoms. The molecular formula is C12H12F2N2OS. The van der Waals surface area contributed by atoms with Gasteiger partial charge in [0, 0.05) is 29.1 Å². The lowest BCUT2D eigenvalue weighted by Gasteiger charge is -2.08. The number of nitrogens with zero attached hydrogens (tertiary/aromatic N) is 1. The van der Waals surface area contributed by atoms with Crippen molar-refractivity contribution in [2.45, 2.75) is 13.3 Å². The van der Waals surface area contributed by atoms with E-state index in [1.807, 2.05) is 6.92 Å². The lowest BCUT2D eigenvalue weighted by atomic mass is 10.2. The van der Waals surface area contributed by atoms with Crippen LogP contribution in [0.2, 0.25) is 0 Å². The molecule has 3 nitrogen and oxygen atoms in total. The molecule has 0 unspecified atom stereocenters. The Labute approximate surface area is 107 Å². The summed E-state index contributed by atoms with van der Waals surface area (Å²) in [7, 11) is 0. The molecule has 0 fully saturated rings. The summed E-state index contributed by atoms with van der Waals surface area (Å²) in [6, 6.07) is 2.08. The van der Waals surface area contributed by atoms with E-state index in [1.165, 1.54) is 11.3 Å². The van der Waals surface area contributed by atoms with Gasteiger partial charge in [-0.05, 0) is 6.92 Å². The number of halogens is 2. The molecule has 1 heterocycles. The minimum Gasteiger partial charge on any atom is -0.487 e. The van der Waals surface area contributed by atoms with Gasteiger partial charge in [-0.3, -0.25) is 0 Å². The standard InChI is InChI=1S/C12H12F2N2OS/c1-7-11(18-6-16-7)2-3-17-12-9(13)4-8(15)5-10(12)14/h4-6H,2-3,15H2,1H3. The van der Waals surface area contributed by atoms with Gasteiger partial charge in [0.25, 0.3) is 0 Å². The first-order valence-electron chi connectivity index (χ1n) is 5.34. The fraction of sp³-hybridized carbons (Fsp3) is 0.250. The third-order valence-electron chi connectivity index (χ3n) is 2.44. The number of rotatable bonds is 4. The summed E-state index contributed by atoms with van der Waals surface area (Å²) in [5.41, 5.74) is 8.00. The number of aryl methyl sites for hydroxylation is 1. The van der Waals surface area contributed by atoms with Crippen molar-refractivity contribution >= 4 is 17.0 Å². The SMILES string of the molecule is Cc1ncsc1CCOc1c(F)cc(N)cc1F. The first-order chi connectivity index (χ1) is 8.58. The quantitative estimate of drug-likeness (QED) is 0.869. The Balaban J connectivity index is 2.01. The highest BCUT2D eigenvalue weighted by Crippen LogP contribution is 2.24. The monoisotopic (exact) mass is 270 g/mol. The van der Waals surface area contributed by atoms with Crippen molar-refractivity contribution in [2.24, 2.45) is 0 Å². The summed E-state index contributed by atoms with van der Waals surface area (Å²) in [6.45, 7) is 2.08. The third-order valence-corrected chi connectivity index (χ3v) is 3.44. The molecule has 0 spiro atoms. The van der Waals surface area contributed by atoms with Crippen molar-refractivity contribution in [2.75, 3.05) is 12.3 Å². The molecule has 0 saturated carbocycles. The summed E-state index contributed by atoms with van der Waals surface area (Å²) in [5, 5.41) is 0. The highest BCUT2D eigenvalue weighted by Gasteiger charge is 2.12. The summed E-state index contributed by atoms with van der Waals surface area (Å²) in [6.07, 6.45) is 0.569. The van der Waals surface area contributed by atoms with Gasteiger partial charge < -0.3 is 10.5 Å². The smallest absolute Gasteiger partial charge is 0.190 e. The van der Waals surface area contributed by atoms with Gasteiger partial charge in [-0.1, -0.05) is 0 Å². The fourth-order valence-corrected chi connectivity index (χ4v) is 2.29. The molecule has 0 saturated heterocycles. The van der Waals surface area contributed by atoms with Crippen molar-refractivity contribution < 1.29 is 13.5 Å². The molecule has 18 heavy (non-hydrogen) atoms. The number of aromatic nitrogens is 1. The van der Waals surface area contributed by atoms with E-state index in [-0.39, 0.29) is 18.0 Å². The Kier molecular flexibility index (Phi) is 3.76. The Morgan fingerprint density at radius 3 is 2.56 bits per heavy atom. The molecule has 0 aliphatic rings. The average Bonchev–Trinajstić information content (AvgIpc) is 2.68. The number of thiazole rings is 1. The first-order valence-corrected chi connectivity index (χ1v) is 6.22. The van der Waals surface area contributed by atoms with Crippen molar-refractivity contribution in [1.29, 1.82) is 0 Å². The maximum atomic E-state index is 13.4. The van der Waals surface area contributed by atoms with E-state index in [9.17, 15) is 8.78 Å². The van der Waals surface area contributed by atoms with Crippen LogP contribution in [0.5, 0.6) is 5.75 Å². The molecule has 0 atom stereocenters. The van der Waals surface area contributed by atoms with Crippen LogP contribution in [-0.4, -0.2) is 11.6 Å². The average molecular weight is 270 g/mol. The molecule has 0 bridgehead atoms. The molecule has 1 aromatic carbocycles. The zero-order chi connectivity index (χ0) is 13.1. The van der Waals surface area contributed by atoms with Crippen molar-refractivity contribution in [3.05, 3.63) is 39.8 Å². The minimum atomic E-state index is -0.784. The molecule has 2 rings (SSSR count). The Morgan fingerprint density at radius 1 is 1.33 bits per heavy atom. The number of hydrogen-bond acceptors (Lipinski definition) is 4. The van der Waals surface area contributed by atoms with Crippen LogP contribution >= 0.6 is 11.3 Å². The fourth-order valence-electron chi connectivity index (χ4n) is 1.53. The summed E-state index contributed by atoms with van der Waals surface area (Å²) < 4.78 is 31.9. The van der Waals surface area contributed by atoms with E-state index >= 15 is 0 Å². The van der Waals surface area contributed by atoms with Crippen LogP contribution in [-0.2, 0) is 6.42 Å². The zero-order valence-electron chi connectivity index (χ0n) is 9.74. The molecule has 2 N–H and O–H groups in total. The van der Waals surface area contributed by atoms with Gasteiger partial charge in [0.2, 0.25) is 0 Å². The van der Waals surface area contributed by atoms with Crippen LogP contribution in [0.25, 0.3) is 0 Å². The predicted molar refractivity (Wildman–Crippen MR) is 66.8 cm³/mol. The zero-order valence-corrected chi connectivity index (χ0v) is 10.6. The number of benzene rings is 1. The number of hydrogen-bond donors (Lipinski definition) is 1. The molecule has 2 aromatic rings. The molecule has 0 radical (unpaired) electrons. The van der Waals surface area contributed by atoms with Crippen molar-refractivity contribution in [1.82, 2.24) is 4.98 Å². The summed E-state index contributed by atoms with van der Waals surface area (Å²) >= 11 is 1.50. The topological polar surface area (TPSA) is 48.1 Å². The van der Waals surface area contributed by atoms with Gasteiger partial charge in [-0.15, -0.1) is 11.3 Å². The lowest BCUT2D eigenvalue weighted by molar-refractivity contribution is 0.289. The molecule has 0 aliphatic carbocycles. The van der Waals surface area contributed by atoms with E-state index in [0.29, 0.717) is 6.42 Å². The molecular weight excluding hydrogens is 258 g/mol. The van der Waals surface area contributed by atoms with E-state index in [0.717, 1.165) is 22.7 Å². The van der Waals surface area contributed by atoms with Gasteiger partial charge in [0.15, 0.2) is 17.4 Å². The van der Waals surface area contributed by atoms with Gasteiger partial charge in [0.1, 0.15) is 0 Å². The van der Waals surface area contributed by atoms with E-state index in [4.69, 9.17) is 10.5 Å². The van der Waals surface area contributed by atoms with Crippen LogP contribution in [0.4, 0.5) is 14.5 Å². The minimum absolute atomic E-state index is 0.0376. The van der Waals surface area contributed by atoms with Crippen LogP contribution < -0.4 is 10.5 Å². The number of anilines is 1. The number of nitrogen functional groups attached to an aromatic ring is 1. The van der Waals surface area contributed by atoms with E-state index in [2.05, 4.69) is 4.98 Å². The third kappa shape index (κ3) is 2.76. The second-order valence-electron chi connectivity index (χ2n) is 3.77. The van der Waals surface area contributed by atoms with Gasteiger partial charge in [0.05, 0.1) is 17.8 Å². The van der Waals surface area contributed by atoms with Gasteiger partial charge >= 0.3 is 0 Å². The molecule has 0 aliphatic heterocycles. The van der Waals surface area contributed by atoms with Gasteiger partial charge in [-0.25, -0.2) is 13.8 Å². The van der Waals surface area contributed by atoms with Crippen LogP contribution in [0.15, 0.2) is 17.6 Å². The Bertz CT molecular complexity index is 534. The maximum Gasteiger partial charge on any atom is 0.190 e. The molecule has 0 amide bonds. The normalized spacial score (nSPS) is 10.6. The van der Waals surface area contributed by atoms with Crippen LogP contribution in [0, 0.1) is 18.6 Å². The lowest BCUT2D eigenvalue weighted by Crippen LogP contribution is -2.05. The molecule has 1 aromatic heterocycles. The summed E-state index contributed by atoms with van der Waals surface area (Å²) in [4.78, 5) is 5.13. The highest BCUT2D eigenvalue weighted by atomic mass is 32.1.